The Labute approximate surface area is 133 Å². The van der Waals surface area contributed by atoms with E-state index < -0.39 is 35.3 Å². The number of rotatable bonds is 4. The van der Waals surface area contributed by atoms with Crippen molar-refractivity contribution in [3.63, 3.8) is 0 Å². The molecule has 1 unspecified atom stereocenters. The van der Waals surface area contributed by atoms with Gasteiger partial charge in [0.1, 0.15) is 0 Å². The number of carbonyl (C=O) groups excluding carboxylic acids is 3. The van der Waals surface area contributed by atoms with E-state index in [-0.39, 0.29) is 0 Å². The van der Waals surface area contributed by atoms with Crippen LogP contribution in [0.25, 0.3) is 0 Å². The molecule has 5 nitrogen and oxygen atoms in total. The fourth-order valence-corrected chi connectivity index (χ4v) is 2.44. The Kier molecular flexibility index (Phi) is 4.56. The Balaban J connectivity index is 2.08. The highest BCUT2D eigenvalue weighted by atomic mass is 35.5. The number of cyclic esters (lactones) is 2. The minimum atomic E-state index is -1.50. The third kappa shape index (κ3) is 3.65. The molecule has 1 fully saturated rings. The minimum Gasteiger partial charge on any atom is -0.422 e. The summed E-state index contributed by atoms with van der Waals surface area (Å²) in [6, 6.07) is 7.04. The molecule has 1 atom stereocenters. The lowest BCUT2D eigenvalue weighted by atomic mass is 9.88. The smallest absolute Gasteiger partial charge is 0.331 e. The van der Waals surface area contributed by atoms with Crippen LogP contribution in [0.4, 0.5) is 0 Å². The monoisotopic (exact) mass is 324 g/mol. The van der Waals surface area contributed by atoms with E-state index in [4.69, 9.17) is 21.1 Å². The number of ketones is 1. The number of ether oxygens (including phenoxy) is 2. The van der Waals surface area contributed by atoms with Crippen LogP contribution >= 0.6 is 11.6 Å². The van der Waals surface area contributed by atoms with Gasteiger partial charge in [-0.2, -0.15) is 0 Å². The first-order chi connectivity index (χ1) is 10.2. The topological polar surface area (TPSA) is 69.7 Å². The maximum atomic E-state index is 12.4. The number of hydrogen-bond acceptors (Lipinski definition) is 5. The van der Waals surface area contributed by atoms with Gasteiger partial charge in [0.15, 0.2) is 5.78 Å². The van der Waals surface area contributed by atoms with E-state index >= 15 is 0 Å². The molecule has 0 bridgehead atoms. The Morgan fingerprint density at radius 2 is 1.68 bits per heavy atom. The van der Waals surface area contributed by atoms with Gasteiger partial charge >= 0.3 is 11.9 Å². The molecule has 2 rings (SSSR count). The summed E-state index contributed by atoms with van der Waals surface area (Å²) in [5, 5.41) is 0.601. The molecule has 0 aliphatic carbocycles. The molecule has 0 N–H and O–H groups in total. The zero-order chi connectivity index (χ0) is 16.5. The van der Waals surface area contributed by atoms with Crippen molar-refractivity contribution in [2.24, 2.45) is 11.8 Å². The van der Waals surface area contributed by atoms with Crippen LogP contribution in [0.1, 0.15) is 26.3 Å². The number of hydrogen-bond donors (Lipinski definition) is 0. The second-order valence-corrected chi connectivity index (χ2v) is 6.25. The number of esters is 2. The average molecular weight is 325 g/mol. The van der Waals surface area contributed by atoms with E-state index in [9.17, 15) is 14.4 Å². The maximum Gasteiger partial charge on any atom is 0.331 e. The van der Waals surface area contributed by atoms with Gasteiger partial charge in [0.25, 0.3) is 5.79 Å². The lowest BCUT2D eigenvalue weighted by Crippen LogP contribution is -2.50. The third-order valence-corrected chi connectivity index (χ3v) is 3.64. The molecule has 1 aromatic rings. The standard InChI is InChI=1S/C16H17ClO5/c1-9(8-10-4-6-11(17)7-5-10)13(18)12-14(19)21-16(2,3)22-15(12)20/h4-7,9,12H,8H2,1-3H3. The van der Waals surface area contributed by atoms with Crippen molar-refractivity contribution in [3.8, 4) is 0 Å². The Bertz CT molecular complexity index is 585. The number of carbonyl (C=O) groups is 3. The summed E-state index contributed by atoms with van der Waals surface area (Å²) in [4.78, 5) is 36.2. The van der Waals surface area contributed by atoms with Gasteiger partial charge in [-0.3, -0.25) is 14.4 Å². The zero-order valence-corrected chi connectivity index (χ0v) is 13.3. The highest BCUT2D eigenvalue weighted by Gasteiger charge is 2.48. The van der Waals surface area contributed by atoms with Crippen LogP contribution < -0.4 is 0 Å². The quantitative estimate of drug-likeness (QED) is 0.629. The van der Waals surface area contributed by atoms with Crippen LogP contribution in [0.3, 0.4) is 0 Å². The van der Waals surface area contributed by atoms with Gasteiger partial charge in [-0.25, -0.2) is 0 Å². The molecule has 0 saturated carbocycles. The van der Waals surface area contributed by atoms with E-state index in [1.54, 1.807) is 31.2 Å². The summed E-state index contributed by atoms with van der Waals surface area (Å²) in [6.07, 6.45) is 0.399. The Hall–Kier alpha value is -1.88. The van der Waals surface area contributed by atoms with Crippen molar-refractivity contribution in [1.29, 1.82) is 0 Å². The summed E-state index contributed by atoms with van der Waals surface area (Å²) < 4.78 is 9.95. The number of benzene rings is 1. The first kappa shape index (κ1) is 16.5. The highest BCUT2D eigenvalue weighted by Crippen LogP contribution is 2.26. The summed E-state index contributed by atoms with van der Waals surface area (Å²) in [6.45, 7) is 4.55. The molecular weight excluding hydrogens is 308 g/mol. The van der Waals surface area contributed by atoms with Crippen molar-refractivity contribution in [2.45, 2.75) is 33.0 Å². The van der Waals surface area contributed by atoms with E-state index in [0.29, 0.717) is 11.4 Å². The molecule has 0 spiro atoms. The third-order valence-electron chi connectivity index (χ3n) is 3.39. The lowest BCUT2D eigenvalue weighted by molar-refractivity contribution is -0.238. The molecule has 118 valence electrons. The molecule has 6 heteroatoms. The second-order valence-electron chi connectivity index (χ2n) is 5.81. The fraction of sp³-hybridized carbons (Fsp3) is 0.438. The molecule has 0 amide bonds. The molecule has 1 heterocycles. The molecule has 1 aliphatic heterocycles. The van der Waals surface area contributed by atoms with Gasteiger partial charge in [0, 0.05) is 24.8 Å². The van der Waals surface area contributed by atoms with Crippen LogP contribution in [-0.4, -0.2) is 23.5 Å². The van der Waals surface area contributed by atoms with E-state index in [0.717, 1.165) is 5.56 Å². The lowest BCUT2D eigenvalue weighted by Gasteiger charge is -2.33. The van der Waals surface area contributed by atoms with Gasteiger partial charge in [-0.1, -0.05) is 30.7 Å². The minimum absolute atomic E-state index is 0.399. The van der Waals surface area contributed by atoms with E-state index in [1.807, 2.05) is 0 Å². The number of halogens is 1. The first-order valence-corrected chi connectivity index (χ1v) is 7.31. The Morgan fingerprint density at radius 1 is 1.18 bits per heavy atom. The average Bonchev–Trinajstić information content (AvgIpc) is 2.38. The van der Waals surface area contributed by atoms with Gasteiger partial charge in [-0.15, -0.1) is 0 Å². The van der Waals surface area contributed by atoms with Crippen molar-refractivity contribution < 1.29 is 23.9 Å². The molecular formula is C16H17ClO5. The van der Waals surface area contributed by atoms with E-state index in [2.05, 4.69) is 0 Å². The highest BCUT2D eigenvalue weighted by molar-refractivity contribution is 6.30. The van der Waals surface area contributed by atoms with Crippen molar-refractivity contribution in [3.05, 3.63) is 34.9 Å². The fourth-order valence-electron chi connectivity index (χ4n) is 2.31. The van der Waals surface area contributed by atoms with Crippen LogP contribution in [-0.2, 0) is 30.3 Å². The van der Waals surface area contributed by atoms with Crippen LogP contribution in [0.15, 0.2) is 24.3 Å². The van der Waals surface area contributed by atoms with Gasteiger partial charge < -0.3 is 9.47 Å². The largest absolute Gasteiger partial charge is 0.422 e. The van der Waals surface area contributed by atoms with Crippen molar-refractivity contribution in [1.82, 2.24) is 0 Å². The van der Waals surface area contributed by atoms with Gasteiger partial charge in [0.2, 0.25) is 5.92 Å². The molecule has 0 aromatic heterocycles. The maximum absolute atomic E-state index is 12.4. The summed E-state index contributed by atoms with van der Waals surface area (Å²) >= 11 is 5.81. The SMILES string of the molecule is CC(Cc1ccc(Cl)cc1)C(=O)C1C(=O)OC(C)(C)OC1=O. The second kappa shape index (κ2) is 6.08. The molecule has 0 radical (unpaired) electrons. The summed E-state index contributed by atoms with van der Waals surface area (Å²) in [7, 11) is 0. The van der Waals surface area contributed by atoms with Crippen molar-refractivity contribution in [2.75, 3.05) is 0 Å². The predicted molar refractivity (Wildman–Crippen MR) is 79.1 cm³/mol. The number of Topliss-reactive ketones (excluding diaryl/α,β-unsaturated/α-hetero) is 1. The first-order valence-electron chi connectivity index (χ1n) is 6.93. The normalized spacial score (nSPS) is 19.3. The predicted octanol–water partition coefficient (Wildman–Crippen LogP) is 2.54. The molecule has 1 saturated heterocycles. The van der Waals surface area contributed by atoms with Crippen LogP contribution in [0.2, 0.25) is 5.02 Å². The molecule has 22 heavy (non-hydrogen) atoms. The molecule has 1 aliphatic rings. The van der Waals surface area contributed by atoms with E-state index in [1.165, 1.54) is 13.8 Å². The Morgan fingerprint density at radius 3 is 2.18 bits per heavy atom. The molecule has 1 aromatic carbocycles. The zero-order valence-electron chi connectivity index (χ0n) is 12.6. The van der Waals surface area contributed by atoms with Gasteiger partial charge in [0.05, 0.1) is 0 Å². The van der Waals surface area contributed by atoms with Gasteiger partial charge in [-0.05, 0) is 24.1 Å². The summed E-state index contributed by atoms with van der Waals surface area (Å²) in [5.74, 6) is -5.56. The van der Waals surface area contributed by atoms with Crippen LogP contribution in [0, 0.1) is 11.8 Å². The summed E-state index contributed by atoms with van der Waals surface area (Å²) in [5.41, 5.74) is 0.892. The van der Waals surface area contributed by atoms with Crippen LogP contribution in [0.5, 0.6) is 0 Å². The van der Waals surface area contributed by atoms with Crippen molar-refractivity contribution >= 4 is 29.3 Å².